The van der Waals surface area contributed by atoms with E-state index in [0.29, 0.717) is 17.6 Å². The van der Waals surface area contributed by atoms with Crippen LogP contribution in [-0.4, -0.2) is 15.1 Å². The Bertz CT molecular complexity index is 553. The molecule has 0 saturated carbocycles. The fraction of sp³-hybridized carbons (Fsp3) is 0.357. The van der Waals surface area contributed by atoms with Gasteiger partial charge in [-0.15, -0.1) is 0 Å². The van der Waals surface area contributed by atoms with Crippen LogP contribution in [0, 0.1) is 0 Å². The first kappa shape index (κ1) is 12.5. The van der Waals surface area contributed by atoms with Gasteiger partial charge in [-0.2, -0.15) is 4.98 Å². The second-order valence-corrected chi connectivity index (χ2v) is 4.52. The van der Waals surface area contributed by atoms with E-state index in [1.54, 1.807) is 6.20 Å². The first-order valence-electron chi connectivity index (χ1n) is 6.05. The largest absolute Gasteiger partial charge is 0.334 e. The average molecular weight is 243 g/mol. The van der Waals surface area contributed by atoms with Gasteiger partial charge in [0.15, 0.2) is 0 Å². The maximum atomic E-state index is 5.19. The Labute approximate surface area is 107 Å². The molecule has 2 rings (SSSR count). The van der Waals surface area contributed by atoms with Crippen LogP contribution in [-0.2, 0) is 0 Å². The molecule has 2 aromatic rings. The Morgan fingerprint density at radius 2 is 2.11 bits per heavy atom. The predicted octanol–water partition coefficient (Wildman–Crippen LogP) is 3.68. The van der Waals surface area contributed by atoms with Crippen molar-refractivity contribution in [3.8, 4) is 11.4 Å². The second kappa shape index (κ2) is 5.12. The van der Waals surface area contributed by atoms with Gasteiger partial charge >= 0.3 is 0 Å². The lowest BCUT2D eigenvalue weighted by Gasteiger charge is -2.03. The van der Waals surface area contributed by atoms with Gasteiger partial charge in [-0.3, -0.25) is 4.98 Å². The van der Waals surface area contributed by atoms with Gasteiger partial charge < -0.3 is 4.52 Å². The van der Waals surface area contributed by atoms with Crippen LogP contribution in [0.4, 0.5) is 0 Å². The Balaban J connectivity index is 2.29. The van der Waals surface area contributed by atoms with Gasteiger partial charge in [0, 0.05) is 23.0 Å². The zero-order valence-corrected chi connectivity index (χ0v) is 11.1. The summed E-state index contributed by atoms with van der Waals surface area (Å²) in [6.07, 6.45) is 3.73. The van der Waals surface area contributed by atoms with E-state index in [2.05, 4.69) is 29.0 Å². The Morgan fingerprint density at radius 3 is 2.67 bits per heavy atom. The van der Waals surface area contributed by atoms with E-state index in [9.17, 15) is 0 Å². The molecule has 4 nitrogen and oxygen atoms in total. The van der Waals surface area contributed by atoms with Gasteiger partial charge in [0.2, 0.25) is 5.82 Å². The van der Waals surface area contributed by atoms with Crippen molar-refractivity contribution in [2.75, 3.05) is 0 Å². The van der Waals surface area contributed by atoms with Crippen LogP contribution in [0.3, 0.4) is 0 Å². The van der Waals surface area contributed by atoms with E-state index in [4.69, 9.17) is 4.52 Å². The molecule has 0 bridgehead atoms. The third-order valence-electron chi connectivity index (χ3n) is 2.83. The summed E-state index contributed by atoms with van der Waals surface area (Å²) in [5.41, 5.74) is 2.91. The van der Waals surface area contributed by atoms with Crippen molar-refractivity contribution in [2.45, 2.75) is 33.6 Å². The molecule has 0 saturated heterocycles. The van der Waals surface area contributed by atoms with Crippen molar-refractivity contribution in [3.05, 3.63) is 36.0 Å². The zero-order chi connectivity index (χ0) is 13.1. The number of rotatable bonds is 3. The molecule has 18 heavy (non-hydrogen) atoms. The van der Waals surface area contributed by atoms with E-state index in [-0.39, 0.29) is 0 Å². The predicted molar refractivity (Wildman–Crippen MR) is 70.9 cm³/mol. The molecule has 0 fully saturated rings. The Hall–Kier alpha value is -1.97. The molecule has 0 amide bonds. The minimum absolute atomic E-state index is 0.421. The molecule has 0 aliphatic carbocycles. The van der Waals surface area contributed by atoms with Crippen molar-refractivity contribution in [1.82, 2.24) is 15.1 Å². The normalized spacial score (nSPS) is 12.2. The Kier molecular flexibility index (Phi) is 3.55. The van der Waals surface area contributed by atoms with E-state index < -0.39 is 0 Å². The quantitative estimate of drug-likeness (QED) is 0.825. The number of hydrogen-bond acceptors (Lipinski definition) is 4. The highest BCUT2D eigenvalue weighted by molar-refractivity contribution is 5.59. The lowest BCUT2D eigenvalue weighted by atomic mass is 10.1. The molecule has 0 spiro atoms. The minimum Gasteiger partial charge on any atom is -0.334 e. The van der Waals surface area contributed by atoms with Gasteiger partial charge in [0.1, 0.15) is 0 Å². The molecule has 0 aliphatic heterocycles. The van der Waals surface area contributed by atoms with Gasteiger partial charge in [-0.1, -0.05) is 25.1 Å². The first-order valence-corrected chi connectivity index (χ1v) is 6.05. The van der Waals surface area contributed by atoms with Crippen LogP contribution in [0.25, 0.3) is 17.0 Å². The summed E-state index contributed by atoms with van der Waals surface area (Å²) in [6.45, 7) is 8.11. The molecule has 0 N–H and O–H groups in total. The van der Waals surface area contributed by atoms with Crippen LogP contribution in [0.2, 0.25) is 0 Å². The standard InChI is InChI=1S/C14H17N3O/c1-5-10(4)14-16-13(17-18-14)11-6-7-12(9(2)3)15-8-11/h5-9H,1-4H3. The fourth-order valence-corrected chi connectivity index (χ4v) is 1.50. The van der Waals surface area contributed by atoms with Crippen molar-refractivity contribution >= 4 is 5.57 Å². The van der Waals surface area contributed by atoms with E-state index in [1.807, 2.05) is 32.1 Å². The molecule has 0 unspecified atom stereocenters. The number of aromatic nitrogens is 3. The highest BCUT2D eigenvalue weighted by atomic mass is 16.5. The van der Waals surface area contributed by atoms with Gasteiger partial charge in [0.05, 0.1) is 0 Å². The highest BCUT2D eigenvalue weighted by Crippen LogP contribution is 2.20. The number of hydrogen-bond donors (Lipinski definition) is 0. The summed E-state index contributed by atoms with van der Waals surface area (Å²) in [5, 5.41) is 3.96. The minimum atomic E-state index is 0.421. The molecule has 0 radical (unpaired) electrons. The summed E-state index contributed by atoms with van der Waals surface area (Å²) >= 11 is 0. The number of allylic oxidation sites excluding steroid dienone is 2. The van der Waals surface area contributed by atoms with E-state index in [0.717, 1.165) is 16.8 Å². The second-order valence-electron chi connectivity index (χ2n) is 4.52. The fourth-order valence-electron chi connectivity index (χ4n) is 1.50. The first-order chi connectivity index (χ1) is 8.61. The SMILES string of the molecule is CC=C(C)c1nc(-c2ccc(C(C)C)nc2)no1. The zero-order valence-electron chi connectivity index (χ0n) is 11.1. The maximum absolute atomic E-state index is 5.19. The summed E-state index contributed by atoms with van der Waals surface area (Å²) in [6, 6.07) is 3.97. The topological polar surface area (TPSA) is 51.8 Å². The van der Waals surface area contributed by atoms with Crippen molar-refractivity contribution in [3.63, 3.8) is 0 Å². The molecule has 4 heteroatoms. The van der Waals surface area contributed by atoms with Crippen LogP contribution in [0.15, 0.2) is 28.9 Å². The van der Waals surface area contributed by atoms with Crippen LogP contribution < -0.4 is 0 Å². The molecule has 2 heterocycles. The summed E-state index contributed by atoms with van der Waals surface area (Å²) in [7, 11) is 0. The molecule has 0 aliphatic rings. The van der Waals surface area contributed by atoms with Gasteiger partial charge in [0.25, 0.3) is 5.89 Å². The van der Waals surface area contributed by atoms with Crippen LogP contribution >= 0.6 is 0 Å². The smallest absolute Gasteiger partial charge is 0.253 e. The van der Waals surface area contributed by atoms with Crippen molar-refractivity contribution < 1.29 is 4.52 Å². The average Bonchev–Trinajstić information content (AvgIpc) is 2.87. The molecule has 94 valence electrons. The molecule has 0 aromatic carbocycles. The highest BCUT2D eigenvalue weighted by Gasteiger charge is 2.10. The third kappa shape index (κ3) is 2.47. The summed E-state index contributed by atoms with van der Waals surface area (Å²) < 4.78 is 5.19. The maximum Gasteiger partial charge on any atom is 0.253 e. The van der Waals surface area contributed by atoms with Gasteiger partial charge in [-0.25, -0.2) is 0 Å². The summed E-state index contributed by atoms with van der Waals surface area (Å²) in [4.78, 5) is 8.73. The number of pyridine rings is 1. The van der Waals surface area contributed by atoms with E-state index in [1.165, 1.54) is 0 Å². The molecular formula is C14H17N3O. The van der Waals surface area contributed by atoms with E-state index >= 15 is 0 Å². The van der Waals surface area contributed by atoms with Gasteiger partial charge in [-0.05, 0) is 31.9 Å². The van der Waals surface area contributed by atoms with Crippen LogP contribution in [0.5, 0.6) is 0 Å². The lowest BCUT2D eigenvalue weighted by molar-refractivity contribution is 0.408. The number of nitrogens with zero attached hydrogens (tertiary/aromatic N) is 3. The molecule has 2 aromatic heterocycles. The van der Waals surface area contributed by atoms with Crippen molar-refractivity contribution in [2.24, 2.45) is 0 Å². The lowest BCUT2D eigenvalue weighted by Crippen LogP contribution is -1.92. The molecular weight excluding hydrogens is 226 g/mol. The summed E-state index contributed by atoms with van der Waals surface area (Å²) in [5.74, 6) is 1.56. The van der Waals surface area contributed by atoms with Crippen LogP contribution in [0.1, 0.15) is 45.2 Å². The monoisotopic (exact) mass is 243 g/mol. The molecule has 0 atom stereocenters. The van der Waals surface area contributed by atoms with Crippen molar-refractivity contribution in [1.29, 1.82) is 0 Å². The Morgan fingerprint density at radius 1 is 1.33 bits per heavy atom. The third-order valence-corrected chi connectivity index (χ3v) is 2.83.